The highest BCUT2D eigenvalue weighted by Crippen LogP contribution is 2.33. The van der Waals surface area contributed by atoms with Crippen molar-refractivity contribution in [3.8, 4) is 0 Å². The van der Waals surface area contributed by atoms with E-state index in [2.05, 4.69) is 4.98 Å². The lowest BCUT2D eigenvalue weighted by Crippen LogP contribution is -2.06. The van der Waals surface area contributed by atoms with Gasteiger partial charge in [0, 0.05) is 17.0 Å². The molecule has 4 rings (SSSR count). The van der Waals surface area contributed by atoms with Crippen molar-refractivity contribution in [1.82, 2.24) is 4.98 Å². The molecule has 3 nitrogen and oxygen atoms in total. The largest absolute Gasteiger partial charge is 0.255 e. The molecule has 0 radical (unpaired) electrons. The number of nitrogens with zero attached hydrogens (tertiary/aromatic N) is 1. The summed E-state index contributed by atoms with van der Waals surface area (Å²) in [5.41, 5.74) is 2.40. The summed E-state index contributed by atoms with van der Waals surface area (Å²) < 4.78 is 26.6. The normalized spacial score (nSPS) is 11.9. The van der Waals surface area contributed by atoms with Crippen LogP contribution in [-0.2, 0) is 9.84 Å². The molecule has 0 amide bonds. The van der Waals surface area contributed by atoms with E-state index in [0.29, 0.717) is 20.7 Å². The van der Waals surface area contributed by atoms with E-state index in [4.69, 9.17) is 0 Å². The van der Waals surface area contributed by atoms with Crippen LogP contribution in [0.2, 0.25) is 0 Å². The number of fused-ring (bicyclic) bond motifs is 3. The van der Waals surface area contributed by atoms with Gasteiger partial charge in [0.25, 0.3) is 0 Å². The molecule has 4 aromatic rings. The molecule has 0 aliphatic rings. The molecule has 0 aliphatic carbocycles. The third kappa shape index (κ3) is 2.50. The molecule has 25 heavy (non-hydrogen) atoms. The number of sulfone groups is 1. The maximum absolute atomic E-state index is 13.3. The predicted molar refractivity (Wildman–Crippen MR) is 101 cm³/mol. The van der Waals surface area contributed by atoms with Crippen LogP contribution in [0.1, 0.15) is 11.1 Å². The van der Waals surface area contributed by atoms with E-state index in [1.165, 1.54) is 0 Å². The highest BCUT2D eigenvalue weighted by Gasteiger charge is 2.23. The van der Waals surface area contributed by atoms with E-state index in [1.807, 2.05) is 55.5 Å². The molecular weight excluding hydrogens is 330 g/mol. The van der Waals surface area contributed by atoms with Crippen LogP contribution in [0.5, 0.6) is 0 Å². The summed E-state index contributed by atoms with van der Waals surface area (Å²) in [5, 5.41) is 2.67. The molecule has 0 saturated heterocycles. The number of pyridine rings is 1. The first-order chi connectivity index (χ1) is 12.0. The Hall–Kier alpha value is -2.72. The highest BCUT2D eigenvalue weighted by molar-refractivity contribution is 7.91. The SMILES string of the molecule is Cc1ccc(S(=O)(=O)c2c(C)cnc3c2ccc2ccccc23)cc1. The van der Waals surface area contributed by atoms with Crippen molar-refractivity contribution in [3.05, 3.63) is 78.0 Å². The van der Waals surface area contributed by atoms with Crippen LogP contribution in [0.4, 0.5) is 0 Å². The molecule has 0 spiro atoms. The standard InChI is InChI=1S/C21H17NO2S/c1-14-7-10-17(11-8-14)25(23,24)21-15(2)13-22-20-18-6-4-3-5-16(18)9-12-19(20)21/h3-13H,1-2H3. The Morgan fingerprint density at radius 2 is 1.52 bits per heavy atom. The fraction of sp³-hybridized carbons (Fsp3) is 0.0952. The van der Waals surface area contributed by atoms with Gasteiger partial charge in [-0.15, -0.1) is 0 Å². The van der Waals surface area contributed by atoms with Crippen molar-refractivity contribution >= 4 is 31.5 Å². The second kappa shape index (κ2) is 5.67. The van der Waals surface area contributed by atoms with Crippen molar-refractivity contribution in [3.63, 3.8) is 0 Å². The molecule has 1 aromatic heterocycles. The number of benzene rings is 3. The highest BCUT2D eigenvalue weighted by atomic mass is 32.2. The lowest BCUT2D eigenvalue weighted by molar-refractivity contribution is 0.596. The Morgan fingerprint density at radius 3 is 2.28 bits per heavy atom. The summed E-state index contributed by atoms with van der Waals surface area (Å²) in [6.45, 7) is 3.73. The van der Waals surface area contributed by atoms with Crippen LogP contribution >= 0.6 is 0 Å². The van der Waals surface area contributed by atoms with Crippen molar-refractivity contribution < 1.29 is 8.42 Å². The first kappa shape index (κ1) is 15.8. The van der Waals surface area contributed by atoms with Crippen molar-refractivity contribution in [1.29, 1.82) is 0 Å². The van der Waals surface area contributed by atoms with Gasteiger partial charge in [0.2, 0.25) is 9.84 Å². The van der Waals surface area contributed by atoms with E-state index in [9.17, 15) is 8.42 Å². The van der Waals surface area contributed by atoms with Gasteiger partial charge in [-0.25, -0.2) is 8.42 Å². The molecule has 0 aliphatic heterocycles. The van der Waals surface area contributed by atoms with Crippen LogP contribution in [-0.4, -0.2) is 13.4 Å². The molecule has 0 fully saturated rings. The van der Waals surface area contributed by atoms with Gasteiger partial charge in [0.15, 0.2) is 0 Å². The summed E-state index contributed by atoms with van der Waals surface area (Å²) >= 11 is 0. The van der Waals surface area contributed by atoms with Crippen LogP contribution in [0.3, 0.4) is 0 Å². The molecule has 1 heterocycles. The molecule has 0 N–H and O–H groups in total. The second-order valence-corrected chi connectivity index (χ2v) is 8.16. The van der Waals surface area contributed by atoms with Gasteiger partial charge in [-0.05, 0) is 36.9 Å². The van der Waals surface area contributed by atoms with E-state index in [1.54, 1.807) is 25.3 Å². The Labute approximate surface area is 146 Å². The molecule has 0 atom stereocenters. The number of aryl methyl sites for hydroxylation is 2. The number of hydrogen-bond donors (Lipinski definition) is 0. The maximum Gasteiger partial charge on any atom is 0.207 e. The van der Waals surface area contributed by atoms with Crippen molar-refractivity contribution in [2.24, 2.45) is 0 Å². The summed E-state index contributed by atoms with van der Waals surface area (Å²) in [7, 11) is -3.62. The minimum Gasteiger partial charge on any atom is -0.255 e. The second-order valence-electron chi connectivity index (χ2n) is 6.27. The van der Waals surface area contributed by atoms with Crippen LogP contribution in [0.25, 0.3) is 21.7 Å². The lowest BCUT2D eigenvalue weighted by atomic mass is 10.1. The van der Waals surface area contributed by atoms with E-state index in [0.717, 1.165) is 21.9 Å². The molecule has 0 bridgehead atoms. The first-order valence-corrected chi connectivity index (χ1v) is 9.55. The Morgan fingerprint density at radius 1 is 0.800 bits per heavy atom. The summed E-state index contributed by atoms with van der Waals surface area (Å²) in [4.78, 5) is 5.17. The summed E-state index contributed by atoms with van der Waals surface area (Å²) in [6.07, 6.45) is 1.65. The monoisotopic (exact) mass is 347 g/mol. The zero-order valence-corrected chi connectivity index (χ0v) is 14.8. The number of hydrogen-bond acceptors (Lipinski definition) is 3. The predicted octanol–water partition coefficient (Wildman–Crippen LogP) is 4.84. The zero-order valence-electron chi connectivity index (χ0n) is 14.0. The average molecular weight is 347 g/mol. The van der Waals surface area contributed by atoms with Crippen LogP contribution in [0.15, 0.2) is 76.7 Å². The van der Waals surface area contributed by atoms with Gasteiger partial charge < -0.3 is 0 Å². The van der Waals surface area contributed by atoms with Gasteiger partial charge in [-0.3, -0.25) is 4.98 Å². The average Bonchev–Trinajstić information content (AvgIpc) is 2.61. The summed E-state index contributed by atoms with van der Waals surface area (Å²) in [5.74, 6) is 0. The fourth-order valence-electron chi connectivity index (χ4n) is 3.20. The van der Waals surface area contributed by atoms with E-state index >= 15 is 0 Å². The number of rotatable bonds is 2. The lowest BCUT2D eigenvalue weighted by Gasteiger charge is -2.12. The third-order valence-electron chi connectivity index (χ3n) is 4.49. The van der Waals surface area contributed by atoms with Gasteiger partial charge in [-0.2, -0.15) is 0 Å². The van der Waals surface area contributed by atoms with Gasteiger partial charge in [0.1, 0.15) is 0 Å². The minimum atomic E-state index is -3.62. The Balaban J connectivity index is 2.09. The Bertz CT molecular complexity index is 1210. The molecule has 4 heteroatoms. The molecule has 3 aromatic carbocycles. The van der Waals surface area contributed by atoms with E-state index < -0.39 is 9.84 Å². The zero-order chi connectivity index (χ0) is 17.6. The molecule has 0 saturated carbocycles. The molecule has 0 unspecified atom stereocenters. The molecule has 124 valence electrons. The first-order valence-electron chi connectivity index (χ1n) is 8.07. The number of aromatic nitrogens is 1. The quantitative estimate of drug-likeness (QED) is 0.488. The summed E-state index contributed by atoms with van der Waals surface area (Å²) in [6, 6.07) is 18.7. The van der Waals surface area contributed by atoms with Gasteiger partial charge in [0.05, 0.1) is 15.3 Å². The molecular formula is C21H17NO2S. The smallest absolute Gasteiger partial charge is 0.207 e. The van der Waals surface area contributed by atoms with Crippen molar-refractivity contribution in [2.75, 3.05) is 0 Å². The van der Waals surface area contributed by atoms with Crippen molar-refractivity contribution in [2.45, 2.75) is 23.6 Å². The Kier molecular flexibility index (Phi) is 3.58. The van der Waals surface area contributed by atoms with E-state index in [-0.39, 0.29) is 0 Å². The minimum absolute atomic E-state index is 0.307. The fourth-order valence-corrected chi connectivity index (χ4v) is 4.86. The van der Waals surface area contributed by atoms with Gasteiger partial charge in [-0.1, -0.05) is 54.1 Å². The third-order valence-corrected chi connectivity index (χ3v) is 6.46. The maximum atomic E-state index is 13.3. The van der Waals surface area contributed by atoms with Gasteiger partial charge >= 0.3 is 0 Å². The van der Waals surface area contributed by atoms with Crippen LogP contribution in [0, 0.1) is 13.8 Å². The van der Waals surface area contributed by atoms with Crippen LogP contribution < -0.4 is 0 Å². The topological polar surface area (TPSA) is 47.0 Å².